The first-order chi connectivity index (χ1) is 14.2. The number of benzene rings is 2. The maximum Gasteiger partial charge on any atom is 0.222 e. The van der Waals surface area contributed by atoms with Crippen LogP contribution in [0.5, 0.6) is 0 Å². The number of aromatic amines is 1. The molecule has 0 unspecified atom stereocenters. The van der Waals surface area contributed by atoms with Gasteiger partial charge in [-0.2, -0.15) is 0 Å². The van der Waals surface area contributed by atoms with Crippen LogP contribution in [0.2, 0.25) is 0 Å². The number of tetrazole rings is 1. The van der Waals surface area contributed by atoms with Crippen LogP contribution in [-0.2, 0) is 11.3 Å². The zero-order valence-electron chi connectivity index (χ0n) is 16.8. The predicted octanol–water partition coefficient (Wildman–Crippen LogP) is 3.40. The number of carbonyl (C=O) groups is 1. The fraction of sp³-hybridized carbons (Fsp3) is 0.364. The first kappa shape index (κ1) is 20.7. The molecule has 7 heteroatoms. The van der Waals surface area contributed by atoms with Gasteiger partial charge in [-0.25, -0.2) is 5.10 Å². The topological polar surface area (TPSA) is 101 Å². The van der Waals surface area contributed by atoms with Crippen molar-refractivity contribution in [2.24, 2.45) is 5.73 Å². The highest BCUT2D eigenvalue weighted by Gasteiger charge is 2.14. The molecule has 3 N–H and O–H groups in total. The summed E-state index contributed by atoms with van der Waals surface area (Å²) in [5, 5.41) is 14.2. The molecule has 0 saturated heterocycles. The quantitative estimate of drug-likeness (QED) is 0.551. The van der Waals surface area contributed by atoms with Crippen LogP contribution in [0, 0.1) is 0 Å². The van der Waals surface area contributed by atoms with E-state index in [1.807, 2.05) is 23.1 Å². The minimum absolute atomic E-state index is 0.201. The highest BCUT2D eigenvalue weighted by Crippen LogP contribution is 2.29. The van der Waals surface area contributed by atoms with Gasteiger partial charge in [0, 0.05) is 25.1 Å². The molecule has 0 aliphatic heterocycles. The second-order valence-electron chi connectivity index (χ2n) is 7.05. The summed E-state index contributed by atoms with van der Waals surface area (Å²) in [7, 11) is 0. The van der Waals surface area contributed by atoms with Crippen molar-refractivity contribution in [2.45, 2.75) is 39.2 Å². The molecule has 0 fully saturated rings. The molecule has 2 aromatic carbocycles. The van der Waals surface area contributed by atoms with Gasteiger partial charge < -0.3 is 10.6 Å². The second-order valence-corrected chi connectivity index (χ2v) is 7.05. The van der Waals surface area contributed by atoms with Gasteiger partial charge in [-0.15, -0.1) is 5.10 Å². The van der Waals surface area contributed by atoms with Crippen LogP contribution < -0.4 is 5.73 Å². The second kappa shape index (κ2) is 10.5. The van der Waals surface area contributed by atoms with Crippen molar-refractivity contribution in [3.8, 4) is 22.5 Å². The van der Waals surface area contributed by atoms with Crippen LogP contribution in [-0.4, -0.2) is 44.5 Å². The van der Waals surface area contributed by atoms with E-state index in [2.05, 4.69) is 57.9 Å². The summed E-state index contributed by atoms with van der Waals surface area (Å²) in [6.45, 7) is 3.99. The van der Waals surface area contributed by atoms with Crippen molar-refractivity contribution in [2.75, 3.05) is 13.1 Å². The monoisotopic (exact) mass is 392 g/mol. The minimum atomic E-state index is 0.201. The summed E-state index contributed by atoms with van der Waals surface area (Å²) >= 11 is 0. The minimum Gasteiger partial charge on any atom is -0.338 e. The summed E-state index contributed by atoms with van der Waals surface area (Å²) in [5.74, 6) is 0.840. The lowest BCUT2D eigenvalue weighted by Crippen LogP contribution is -2.32. The van der Waals surface area contributed by atoms with E-state index in [0.29, 0.717) is 31.9 Å². The average molecular weight is 393 g/mol. The molecule has 3 rings (SSSR count). The van der Waals surface area contributed by atoms with Gasteiger partial charge in [-0.3, -0.25) is 4.79 Å². The van der Waals surface area contributed by atoms with Gasteiger partial charge in [0.15, 0.2) is 5.82 Å². The maximum atomic E-state index is 12.5. The summed E-state index contributed by atoms with van der Waals surface area (Å²) in [6, 6.07) is 16.3. The molecule has 0 spiro atoms. The van der Waals surface area contributed by atoms with E-state index >= 15 is 0 Å². The Kier molecular flexibility index (Phi) is 7.47. The Balaban J connectivity index is 1.77. The van der Waals surface area contributed by atoms with E-state index in [0.717, 1.165) is 41.5 Å². The number of nitrogens with one attached hydrogen (secondary N) is 1. The Hall–Kier alpha value is -3.06. The number of H-pyrrole nitrogens is 1. The summed E-state index contributed by atoms with van der Waals surface area (Å²) in [6.07, 6.45) is 3.35. The molecule has 29 heavy (non-hydrogen) atoms. The van der Waals surface area contributed by atoms with Crippen molar-refractivity contribution in [3.05, 3.63) is 54.1 Å². The molecule has 0 radical (unpaired) electrons. The Morgan fingerprint density at radius 1 is 1.07 bits per heavy atom. The third kappa shape index (κ3) is 5.48. The van der Waals surface area contributed by atoms with Crippen LogP contribution >= 0.6 is 0 Å². The lowest BCUT2D eigenvalue weighted by atomic mass is 9.98. The van der Waals surface area contributed by atoms with E-state index in [1.54, 1.807) is 0 Å². The Labute approximate surface area is 171 Å². The maximum absolute atomic E-state index is 12.5. The zero-order chi connectivity index (χ0) is 20.5. The van der Waals surface area contributed by atoms with Gasteiger partial charge in [0.2, 0.25) is 5.91 Å². The summed E-state index contributed by atoms with van der Waals surface area (Å²) in [4.78, 5) is 14.5. The van der Waals surface area contributed by atoms with Gasteiger partial charge in [0.1, 0.15) is 0 Å². The molecule has 0 aliphatic carbocycles. The molecular weight excluding hydrogens is 364 g/mol. The van der Waals surface area contributed by atoms with Crippen molar-refractivity contribution in [3.63, 3.8) is 0 Å². The number of unbranched alkanes of at least 4 members (excludes halogenated alkanes) is 1. The molecule has 0 atom stereocenters. The predicted molar refractivity (Wildman–Crippen MR) is 114 cm³/mol. The Morgan fingerprint density at radius 2 is 1.83 bits per heavy atom. The van der Waals surface area contributed by atoms with E-state index in [9.17, 15) is 4.79 Å². The normalized spacial score (nSPS) is 10.8. The highest BCUT2D eigenvalue weighted by molar-refractivity contribution is 5.80. The number of hydrogen-bond acceptors (Lipinski definition) is 5. The van der Waals surface area contributed by atoms with Gasteiger partial charge in [0.05, 0.1) is 0 Å². The third-order valence-corrected chi connectivity index (χ3v) is 4.89. The van der Waals surface area contributed by atoms with E-state index < -0.39 is 0 Å². The SMILES string of the molecule is CCCCC(=O)N(CCCN)Cc1ccc(-c2ccccc2-c2nnn[nH]2)cc1. The van der Waals surface area contributed by atoms with Gasteiger partial charge in [0.25, 0.3) is 0 Å². The Morgan fingerprint density at radius 3 is 2.48 bits per heavy atom. The fourth-order valence-electron chi connectivity index (χ4n) is 3.28. The van der Waals surface area contributed by atoms with E-state index in [4.69, 9.17) is 5.73 Å². The highest BCUT2D eigenvalue weighted by atomic mass is 16.2. The van der Waals surface area contributed by atoms with Crippen molar-refractivity contribution < 1.29 is 4.79 Å². The fourth-order valence-corrected chi connectivity index (χ4v) is 3.28. The van der Waals surface area contributed by atoms with Crippen molar-refractivity contribution in [1.29, 1.82) is 0 Å². The van der Waals surface area contributed by atoms with Gasteiger partial charge >= 0.3 is 0 Å². The number of rotatable bonds is 10. The number of hydrogen-bond donors (Lipinski definition) is 2. The first-order valence-corrected chi connectivity index (χ1v) is 10.1. The van der Waals surface area contributed by atoms with Crippen LogP contribution in [0.15, 0.2) is 48.5 Å². The van der Waals surface area contributed by atoms with E-state index in [-0.39, 0.29) is 5.91 Å². The van der Waals surface area contributed by atoms with Crippen molar-refractivity contribution in [1.82, 2.24) is 25.5 Å². The Bertz CT molecular complexity index is 892. The van der Waals surface area contributed by atoms with Crippen LogP contribution in [0.4, 0.5) is 0 Å². The van der Waals surface area contributed by atoms with Crippen LogP contribution in [0.3, 0.4) is 0 Å². The summed E-state index contributed by atoms with van der Waals surface area (Å²) < 4.78 is 0. The molecule has 7 nitrogen and oxygen atoms in total. The lowest BCUT2D eigenvalue weighted by Gasteiger charge is -2.23. The molecular formula is C22H28N6O. The standard InChI is InChI=1S/C22H28N6O/c1-2-3-9-21(29)28(15-6-14-23)16-17-10-12-18(13-11-17)19-7-4-5-8-20(19)22-24-26-27-25-22/h4-5,7-8,10-13H,2-3,6,9,14-16,23H2,1H3,(H,24,25,26,27). The van der Waals surface area contributed by atoms with Crippen LogP contribution in [0.1, 0.15) is 38.2 Å². The molecule has 1 aromatic heterocycles. The van der Waals surface area contributed by atoms with Crippen LogP contribution in [0.25, 0.3) is 22.5 Å². The number of aromatic nitrogens is 4. The summed E-state index contributed by atoms with van der Waals surface area (Å²) in [5.41, 5.74) is 9.84. The molecule has 0 aliphatic rings. The molecule has 0 saturated carbocycles. The first-order valence-electron chi connectivity index (χ1n) is 10.1. The number of carbonyl (C=O) groups excluding carboxylic acids is 1. The number of amides is 1. The smallest absolute Gasteiger partial charge is 0.222 e. The lowest BCUT2D eigenvalue weighted by molar-refractivity contribution is -0.132. The third-order valence-electron chi connectivity index (χ3n) is 4.89. The molecule has 1 heterocycles. The molecule has 152 valence electrons. The largest absolute Gasteiger partial charge is 0.338 e. The van der Waals surface area contributed by atoms with E-state index in [1.165, 1.54) is 0 Å². The zero-order valence-corrected chi connectivity index (χ0v) is 16.8. The van der Waals surface area contributed by atoms with Gasteiger partial charge in [-0.1, -0.05) is 61.9 Å². The molecule has 1 amide bonds. The van der Waals surface area contributed by atoms with Gasteiger partial charge in [-0.05, 0) is 46.5 Å². The number of nitrogens with zero attached hydrogens (tertiary/aromatic N) is 4. The molecule has 0 bridgehead atoms. The number of nitrogens with two attached hydrogens (primary N) is 1. The molecule has 3 aromatic rings. The average Bonchev–Trinajstić information content (AvgIpc) is 3.30. The van der Waals surface area contributed by atoms with Crippen molar-refractivity contribution >= 4 is 5.91 Å².